The van der Waals surface area contributed by atoms with Crippen LogP contribution in [-0.2, 0) is 0 Å². The molecule has 21 heavy (non-hydrogen) atoms. The number of benzene rings is 1. The van der Waals surface area contributed by atoms with Crippen molar-refractivity contribution in [3.05, 3.63) is 52.5 Å². The summed E-state index contributed by atoms with van der Waals surface area (Å²) >= 11 is 3.12. The Bertz CT molecular complexity index is 676. The van der Waals surface area contributed by atoms with Crippen LogP contribution >= 0.6 is 22.7 Å². The van der Waals surface area contributed by atoms with Gasteiger partial charge in [0.1, 0.15) is 5.75 Å². The molecule has 2 aromatic heterocycles. The third-order valence-electron chi connectivity index (χ3n) is 2.66. The summed E-state index contributed by atoms with van der Waals surface area (Å²) < 4.78 is 17.5. The highest BCUT2D eigenvalue weighted by Gasteiger charge is 2.15. The van der Waals surface area contributed by atoms with Gasteiger partial charge in [0, 0.05) is 5.38 Å². The molecule has 0 amide bonds. The van der Waals surface area contributed by atoms with Crippen LogP contribution in [-0.4, -0.2) is 6.61 Å². The molecular weight excluding hydrogens is 304 g/mol. The van der Waals surface area contributed by atoms with E-state index in [1.165, 1.54) is 11.3 Å². The monoisotopic (exact) mass is 318 g/mol. The van der Waals surface area contributed by atoms with Crippen molar-refractivity contribution in [3.8, 4) is 28.1 Å². The zero-order valence-electron chi connectivity index (χ0n) is 11.4. The first-order chi connectivity index (χ1) is 10.4. The Morgan fingerprint density at radius 2 is 1.86 bits per heavy atom. The Kier molecular flexibility index (Phi) is 4.43. The van der Waals surface area contributed by atoms with Gasteiger partial charge in [-0.2, -0.15) is 0 Å². The summed E-state index contributed by atoms with van der Waals surface area (Å²) in [6.45, 7) is 2.52. The SMILES string of the molecule is CCOc1cccc(Oc2cccs2)c1Oc1ccsc1. The summed E-state index contributed by atoms with van der Waals surface area (Å²) in [7, 11) is 0. The van der Waals surface area contributed by atoms with Crippen molar-refractivity contribution in [2.75, 3.05) is 6.61 Å². The van der Waals surface area contributed by atoms with Gasteiger partial charge < -0.3 is 14.2 Å². The molecule has 1 aromatic carbocycles. The van der Waals surface area contributed by atoms with Crippen molar-refractivity contribution >= 4 is 22.7 Å². The Morgan fingerprint density at radius 3 is 2.57 bits per heavy atom. The molecular formula is C16H14O3S2. The summed E-state index contributed by atoms with van der Waals surface area (Å²) in [6, 6.07) is 11.4. The molecule has 0 saturated carbocycles. The number of hydrogen-bond donors (Lipinski definition) is 0. The summed E-state index contributed by atoms with van der Waals surface area (Å²) in [5, 5.41) is 6.70. The first-order valence-electron chi connectivity index (χ1n) is 6.54. The third kappa shape index (κ3) is 3.37. The number of ether oxygens (including phenoxy) is 3. The van der Waals surface area contributed by atoms with Crippen molar-refractivity contribution < 1.29 is 14.2 Å². The van der Waals surface area contributed by atoms with E-state index in [0.29, 0.717) is 23.9 Å². The first kappa shape index (κ1) is 14.0. The fourth-order valence-corrected chi connectivity index (χ4v) is 2.94. The Morgan fingerprint density at radius 1 is 0.952 bits per heavy atom. The minimum atomic E-state index is 0.572. The zero-order valence-corrected chi connectivity index (χ0v) is 13.1. The number of thiophene rings is 2. The van der Waals surface area contributed by atoms with Crippen molar-refractivity contribution in [2.24, 2.45) is 0 Å². The summed E-state index contributed by atoms with van der Waals surface area (Å²) in [5.41, 5.74) is 0. The largest absolute Gasteiger partial charge is 0.490 e. The van der Waals surface area contributed by atoms with Crippen LogP contribution in [0.25, 0.3) is 0 Å². The van der Waals surface area contributed by atoms with Gasteiger partial charge >= 0.3 is 0 Å². The topological polar surface area (TPSA) is 27.7 Å². The minimum absolute atomic E-state index is 0.572. The summed E-state index contributed by atoms with van der Waals surface area (Å²) in [5.74, 6) is 2.71. The molecule has 3 rings (SSSR count). The molecule has 0 radical (unpaired) electrons. The lowest BCUT2D eigenvalue weighted by atomic mass is 10.3. The normalized spacial score (nSPS) is 10.3. The average molecular weight is 318 g/mol. The number of rotatable bonds is 6. The summed E-state index contributed by atoms with van der Waals surface area (Å²) in [4.78, 5) is 0. The summed E-state index contributed by atoms with van der Waals surface area (Å²) in [6.07, 6.45) is 0. The van der Waals surface area contributed by atoms with Gasteiger partial charge in [0.25, 0.3) is 0 Å². The molecule has 0 aliphatic heterocycles. The molecule has 0 saturated heterocycles. The first-order valence-corrected chi connectivity index (χ1v) is 8.36. The fourth-order valence-electron chi connectivity index (χ4n) is 1.80. The second kappa shape index (κ2) is 6.65. The van der Waals surface area contributed by atoms with Gasteiger partial charge in [-0.25, -0.2) is 0 Å². The molecule has 0 atom stereocenters. The van der Waals surface area contributed by atoms with Crippen LogP contribution in [0.3, 0.4) is 0 Å². The van der Waals surface area contributed by atoms with Crippen molar-refractivity contribution in [3.63, 3.8) is 0 Å². The van der Waals surface area contributed by atoms with Crippen LogP contribution < -0.4 is 14.2 Å². The minimum Gasteiger partial charge on any atom is -0.490 e. The highest BCUT2D eigenvalue weighted by molar-refractivity contribution is 7.11. The van der Waals surface area contributed by atoms with E-state index in [1.807, 2.05) is 59.5 Å². The average Bonchev–Trinajstić information content (AvgIpc) is 3.16. The Hall–Kier alpha value is -1.98. The molecule has 3 nitrogen and oxygen atoms in total. The van der Waals surface area contributed by atoms with E-state index in [4.69, 9.17) is 14.2 Å². The molecule has 108 valence electrons. The van der Waals surface area contributed by atoms with Crippen molar-refractivity contribution in [1.82, 2.24) is 0 Å². The van der Waals surface area contributed by atoms with E-state index in [2.05, 4.69) is 0 Å². The molecule has 0 fully saturated rings. The predicted octanol–water partition coefficient (Wildman–Crippen LogP) is 5.79. The molecule has 0 spiro atoms. The van der Waals surface area contributed by atoms with E-state index >= 15 is 0 Å². The van der Waals surface area contributed by atoms with Gasteiger partial charge in [0.05, 0.1) is 6.61 Å². The van der Waals surface area contributed by atoms with Crippen molar-refractivity contribution in [2.45, 2.75) is 6.92 Å². The molecule has 0 aliphatic carbocycles. The Balaban J connectivity index is 1.95. The Labute approximate surface area is 131 Å². The lowest BCUT2D eigenvalue weighted by Crippen LogP contribution is -1.96. The maximum atomic E-state index is 5.95. The second-order valence-corrected chi connectivity index (χ2v) is 5.80. The maximum Gasteiger partial charge on any atom is 0.211 e. The molecule has 3 aromatic rings. The molecule has 0 aliphatic rings. The van der Waals surface area contributed by atoms with E-state index in [-0.39, 0.29) is 0 Å². The van der Waals surface area contributed by atoms with E-state index in [9.17, 15) is 0 Å². The van der Waals surface area contributed by atoms with Gasteiger partial charge in [0.15, 0.2) is 16.6 Å². The number of para-hydroxylation sites is 1. The van der Waals surface area contributed by atoms with Crippen LogP contribution in [0.4, 0.5) is 0 Å². The highest BCUT2D eigenvalue weighted by atomic mass is 32.1. The van der Waals surface area contributed by atoms with E-state index in [1.54, 1.807) is 11.3 Å². The van der Waals surface area contributed by atoms with Gasteiger partial charge in [-0.3, -0.25) is 0 Å². The zero-order chi connectivity index (χ0) is 14.5. The number of hydrogen-bond acceptors (Lipinski definition) is 5. The lowest BCUT2D eigenvalue weighted by molar-refractivity contribution is 0.315. The third-order valence-corrected chi connectivity index (χ3v) is 4.07. The lowest BCUT2D eigenvalue weighted by Gasteiger charge is -2.14. The van der Waals surface area contributed by atoms with Crippen molar-refractivity contribution in [1.29, 1.82) is 0 Å². The van der Waals surface area contributed by atoms with Crippen LogP contribution in [0, 0.1) is 0 Å². The smallest absolute Gasteiger partial charge is 0.211 e. The molecule has 2 heterocycles. The predicted molar refractivity (Wildman–Crippen MR) is 86.4 cm³/mol. The van der Waals surface area contributed by atoms with Gasteiger partial charge in [-0.1, -0.05) is 6.07 Å². The van der Waals surface area contributed by atoms with Gasteiger partial charge in [0.2, 0.25) is 5.75 Å². The molecule has 0 bridgehead atoms. The van der Waals surface area contributed by atoms with Gasteiger partial charge in [-0.15, -0.1) is 22.7 Å². The molecule has 0 unspecified atom stereocenters. The fraction of sp³-hybridized carbons (Fsp3) is 0.125. The van der Waals surface area contributed by atoms with Gasteiger partial charge in [-0.05, 0) is 48.0 Å². The van der Waals surface area contributed by atoms with Crippen LogP contribution in [0.2, 0.25) is 0 Å². The molecule has 0 N–H and O–H groups in total. The quantitative estimate of drug-likeness (QED) is 0.575. The molecule has 5 heteroatoms. The second-order valence-electron chi connectivity index (χ2n) is 4.11. The maximum absolute atomic E-state index is 5.95. The van der Waals surface area contributed by atoms with Crippen LogP contribution in [0.5, 0.6) is 28.1 Å². The van der Waals surface area contributed by atoms with E-state index in [0.717, 1.165) is 10.8 Å². The highest BCUT2D eigenvalue weighted by Crippen LogP contribution is 2.43. The standard InChI is InChI=1S/C16H14O3S2/c1-2-17-13-5-3-6-14(19-15-7-4-9-21-15)16(13)18-12-8-10-20-11-12/h3-11H,2H2,1H3. The van der Waals surface area contributed by atoms with Crippen LogP contribution in [0.15, 0.2) is 52.5 Å². The van der Waals surface area contributed by atoms with E-state index < -0.39 is 0 Å². The van der Waals surface area contributed by atoms with Crippen LogP contribution in [0.1, 0.15) is 6.92 Å².